The van der Waals surface area contributed by atoms with Gasteiger partial charge in [0.2, 0.25) is 0 Å². The molecule has 0 atom stereocenters. The van der Waals surface area contributed by atoms with Gasteiger partial charge in [0.1, 0.15) is 0 Å². The van der Waals surface area contributed by atoms with Gasteiger partial charge in [0.25, 0.3) is 0 Å². The van der Waals surface area contributed by atoms with Gasteiger partial charge in [-0.3, -0.25) is 0 Å². The molecule has 1 heterocycles. The average molecular weight is 96.0 g/mol. The lowest BCUT2D eigenvalue weighted by Gasteiger charge is -2.23. The van der Waals surface area contributed by atoms with Gasteiger partial charge in [-0.15, -0.1) is 0 Å². The van der Waals surface area contributed by atoms with Crippen LogP contribution in [-0.2, 0) is 0 Å². The maximum atomic E-state index is 2.56. The normalized spacial score (nSPS) is 23.0. The van der Waals surface area contributed by atoms with E-state index >= 15 is 0 Å². The van der Waals surface area contributed by atoms with Gasteiger partial charge in [0.05, 0.1) is 0 Å². The van der Waals surface area contributed by atoms with Crippen LogP contribution in [0, 0.1) is 0 Å². The smallest absolute Gasteiger partial charge is 0.0149 e. The minimum absolute atomic E-state index is 0.505. The molecule has 1 aliphatic heterocycles. The molecule has 0 N–H and O–H groups in total. The van der Waals surface area contributed by atoms with E-state index in [0.29, 0.717) is 7.98 Å². The van der Waals surface area contributed by atoms with Crippen LogP contribution in [0.1, 0.15) is 6.42 Å². The second-order valence-electron chi connectivity index (χ2n) is 1.39. The van der Waals surface area contributed by atoms with Crippen LogP contribution in [-0.4, -0.2) is 25.9 Å². The molecule has 0 aromatic heterocycles. The third-order valence-electron chi connectivity index (χ3n) is 0.855. The summed E-state index contributed by atoms with van der Waals surface area (Å²) in [5.74, 6) is 0. The van der Waals surface area contributed by atoms with Crippen molar-refractivity contribution in [1.29, 1.82) is 0 Å². The van der Waals surface area contributed by atoms with E-state index in [-0.39, 0.29) is 0 Å². The van der Waals surface area contributed by atoms with Gasteiger partial charge in [-0.25, -0.2) is 0 Å². The Morgan fingerprint density at radius 2 is 2.29 bits per heavy atom. The van der Waals surface area contributed by atoms with Crippen molar-refractivity contribution in [3.8, 4) is 0 Å². The fourth-order valence-electron chi connectivity index (χ4n) is 0.524. The van der Waals surface area contributed by atoms with Gasteiger partial charge in [-0.2, -0.15) is 0 Å². The Morgan fingerprint density at radius 1 is 1.43 bits per heavy atom. The molecule has 0 fully saturated rings. The Bertz CT molecular complexity index is 80.1. The summed E-state index contributed by atoms with van der Waals surface area (Å²) in [6.07, 6.45) is 5.85. The van der Waals surface area contributed by atoms with Gasteiger partial charge in [0, 0.05) is 7.98 Å². The van der Waals surface area contributed by atoms with Crippen molar-refractivity contribution in [2.75, 3.05) is 13.1 Å². The molecule has 0 radical (unpaired) electrons. The van der Waals surface area contributed by atoms with E-state index in [9.17, 15) is 0 Å². The van der Waals surface area contributed by atoms with Gasteiger partial charge >= 0.3 is 0 Å². The van der Waals surface area contributed by atoms with E-state index in [1.807, 2.05) is 0 Å². The topological polar surface area (TPSA) is 3.24 Å². The molecular weight excluding hydrogens is 84.9 g/mol. The Morgan fingerprint density at radius 3 is 2.57 bits per heavy atom. The van der Waals surface area contributed by atoms with Crippen LogP contribution in [0.3, 0.4) is 0 Å². The molecule has 1 aliphatic rings. The second kappa shape index (κ2) is 2.17. The van der Waals surface area contributed by atoms with Crippen LogP contribution in [0.15, 0.2) is 12.2 Å². The molecular formula is C5H11BN-. The zero-order chi connectivity index (χ0) is 5.11. The largest absolute Gasteiger partial charge is 0.480 e. The molecule has 0 aliphatic carbocycles. The maximum Gasteiger partial charge on any atom is 0.0149 e. The second-order valence-corrected chi connectivity index (χ2v) is 1.39. The van der Waals surface area contributed by atoms with Crippen molar-refractivity contribution >= 4 is 7.98 Å². The average Bonchev–Trinajstić information content (AvgIpc) is 1.69. The van der Waals surface area contributed by atoms with Crippen molar-refractivity contribution < 1.29 is 0 Å². The first-order valence-electron chi connectivity index (χ1n) is 2.28. The van der Waals surface area contributed by atoms with E-state index < -0.39 is 0 Å². The highest BCUT2D eigenvalue weighted by Crippen LogP contribution is 1.94. The molecule has 0 aromatic carbocycles. The predicted molar refractivity (Wildman–Crippen MR) is 35.3 cm³/mol. The highest BCUT2D eigenvalue weighted by atomic mass is 15.0. The summed E-state index contributed by atoms with van der Waals surface area (Å²) in [6, 6.07) is 0. The van der Waals surface area contributed by atoms with E-state index in [2.05, 4.69) is 17.0 Å². The van der Waals surface area contributed by atoms with Gasteiger partial charge in [-0.1, -0.05) is 12.2 Å². The minimum Gasteiger partial charge on any atom is -0.480 e. The number of hydrogen-bond donors (Lipinski definition) is 0. The molecule has 1 rings (SSSR count). The van der Waals surface area contributed by atoms with Crippen molar-refractivity contribution in [2.45, 2.75) is 6.42 Å². The molecule has 0 saturated heterocycles. The molecule has 0 amide bonds. The summed E-state index contributed by atoms with van der Waals surface area (Å²) in [4.78, 5) is 2.56. The highest BCUT2D eigenvalue weighted by Gasteiger charge is 1.90. The zero-order valence-electron chi connectivity index (χ0n) is 3.72. The molecule has 40 valence electrons. The Balaban J connectivity index is 2.32. The molecule has 0 spiro atoms. The zero-order valence-corrected chi connectivity index (χ0v) is 3.72. The van der Waals surface area contributed by atoms with Crippen molar-refractivity contribution in [3.63, 3.8) is 0 Å². The monoisotopic (exact) mass is 96.1 g/mol. The van der Waals surface area contributed by atoms with Crippen LogP contribution in [0.25, 0.3) is 0 Å². The lowest BCUT2D eigenvalue weighted by atomic mass is 10.2. The Hall–Kier alpha value is -0.235. The minimum atomic E-state index is 0.505. The first kappa shape index (κ1) is 4.91. The number of rotatable bonds is 0. The lowest BCUT2D eigenvalue weighted by Crippen LogP contribution is -2.23. The molecule has 1 nitrogen and oxygen atoms in total. The summed E-state index contributed by atoms with van der Waals surface area (Å²) in [5.41, 5.74) is 0. The Kier molecular flexibility index (Phi) is 1.52. The van der Waals surface area contributed by atoms with E-state index in [1.165, 1.54) is 19.5 Å². The first-order valence-corrected chi connectivity index (χ1v) is 2.28. The molecule has 2 heteroatoms. The summed E-state index contributed by atoms with van der Waals surface area (Å²) in [5, 5.41) is 0. The molecule has 0 unspecified atom stereocenters. The number of nitrogens with zero attached hydrogens (tertiary/aromatic N) is 1. The van der Waals surface area contributed by atoms with E-state index in [4.69, 9.17) is 0 Å². The summed E-state index contributed by atoms with van der Waals surface area (Å²) in [6.45, 7) is 2.59. The first-order chi connectivity index (χ1) is 3.39. The lowest BCUT2D eigenvalue weighted by molar-refractivity contribution is 0.492. The summed E-state index contributed by atoms with van der Waals surface area (Å²) < 4.78 is 0. The molecule has 0 bridgehead atoms. The van der Waals surface area contributed by atoms with Crippen molar-refractivity contribution in [2.24, 2.45) is 0 Å². The predicted octanol–water partition coefficient (Wildman–Crippen LogP) is -0.471. The third-order valence-corrected chi connectivity index (χ3v) is 0.855. The molecule has 7 heavy (non-hydrogen) atoms. The van der Waals surface area contributed by atoms with Gasteiger partial charge < -0.3 is 4.81 Å². The van der Waals surface area contributed by atoms with Crippen LogP contribution >= 0.6 is 0 Å². The van der Waals surface area contributed by atoms with Crippen molar-refractivity contribution in [3.05, 3.63) is 12.2 Å². The van der Waals surface area contributed by atoms with Crippen LogP contribution in [0.5, 0.6) is 0 Å². The van der Waals surface area contributed by atoms with E-state index in [1.54, 1.807) is 0 Å². The van der Waals surface area contributed by atoms with Gasteiger partial charge in [0.15, 0.2) is 0 Å². The maximum absolute atomic E-state index is 2.56. The van der Waals surface area contributed by atoms with Crippen LogP contribution < -0.4 is 0 Å². The quantitative estimate of drug-likeness (QED) is 0.291. The van der Waals surface area contributed by atoms with Gasteiger partial charge in [-0.05, 0) is 19.5 Å². The fourth-order valence-corrected chi connectivity index (χ4v) is 0.524. The highest BCUT2D eigenvalue weighted by molar-refractivity contribution is 6.04. The fraction of sp³-hybridized carbons (Fsp3) is 0.600. The van der Waals surface area contributed by atoms with Crippen LogP contribution in [0.2, 0.25) is 0 Å². The number of hydrogen-bond acceptors (Lipinski definition) is 1. The standard InChI is InChI=1S/C5H11BN/c6-7-4-2-1-3-5-7/h1-2H,3-5H2,6H3/q-1. The van der Waals surface area contributed by atoms with E-state index in [0.717, 1.165) is 0 Å². The SMILES string of the molecule is [BH3-]N1CC=CCC1. The van der Waals surface area contributed by atoms with Crippen molar-refractivity contribution in [1.82, 2.24) is 4.81 Å². The Labute approximate surface area is 45.4 Å². The molecule has 0 saturated carbocycles. The van der Waals surface area contributed by atoms with Crippen LogP contribution in [0.4, 0.5) is 0 Å². The molecule has 0 aromatic rings. The third kappa shape index (κ3) is 1.36. The summed E-state index contributed by atoms with van der Waals surface area (Å²) in [7, 11) is 0.505. The summed E-state index contributed by atoms with van der Waals surface area (Å²) >= 11 is 0.